The molecule has 8 nitrogen and oxygen atoms in total. The molecule has 3 rings (SSSR count). The van der Waals surface area contributed by atoms with Gasteiger partial charge in [-0.05, 0) is 36.5 Å². The fourth-order valence-corrected chi connectivity index (χ4v) is 4.32. The number of rotatable bonds is 6. The van der Waals surface area contributed by atoms with Crippen LogP contribution in [0, 0.1) is 11.3 Å². The molecular formula is C19H26N2O6. The maximum absolute atomic E-state index is 12.6. The van der Waals surface area contributed by atoms with E-state index >= 15 is 0 Å². The number of fused-ring (bicyclic) bond motifs is 1. The van der Waals surface area contributed by atoms with Crippen LogP contribution in [0.3, 0.4) is 0 Å². The van der Waals surface area contributed by atoms with Crippen molar-refractivity contribution in [2.45, 2.75) is 25.8 Å². The number of carboxylic acids is 1. The Morgan fingerprint density at radius 3 is 2.41 bits per heavy atom. The number of likely N-dealkylation sites (tertiary alicyclic amines) is 1. The first-order chi connectivity index (χ1) is 12.9. The quantitative estimate of drug-likeness (QED) is 0.787. The normalized spacial score (nSPS) is 23.7. The predicted molar refractivity (Wildman–Crippen MR) is 97.3 cm³/mol. The number of nitrogens with zero attached hydrogens (tertiary/aromatic N) is 1. The summed E-state index contributed by atoms with van der Waals surface area (Å²) >= 11 is 0. The number of nitrogens with one attached hydrogen (secondary N) is 1. The van der Waals surface area contributed by atoms with E-state index in [0.29, 0.717) is 30.2 Å². The largest absolute Gasteiger partial charge is 0.493 e. The summed E-state index contributed by atoms with van der Waals surface area (Å²) in [5.41, 5.74) is 0.0226. The Kier molecular flexibility index (Phi) is 5.34. The highest BCUT2D eigenvalue weighted by molar-refractivity contribution is 5.80. The Balaban J connectivity index is 1.67. The first kappa shape index (κ1) is 19.1. The maximum Gasteiger partial charge on any atom is 0.317 e. The lowest BCUT2D eigenvalue weighted by molar-refractivity contribution is -0.149. The van der Waals surface area contributed by atoms with Gasteiger partial charge in [0, 0.05) is 19.6 Å². The minimum Gasteiger partial charge on any atom is -0.493 e. The minimum absolute atomic E-state index is 0.0434. The second-order valence-corrected chi connectivity index (χ2v) is 7.12. The van der Waals surface area contributed by atoms with Gasteiger partial charge < -0.3 is 29.5 Å². The standard InChI is InChI=1S/C19H26N2O6/c1-25-14-7-12(8-15(26-2)16(14)27-3)9-20-18(24)21-10-13-5-4-6-19(13,11-21)17(22)23/h7-8,13H,4-6,9-11H2,1-3H3,(H,20,24)(H,22,23)/t13-,19+/m0/s1. The highest BCUT2D eigenvalue weighted by atomic mass is 16.5. The predicted octanol–water partition coefficient (Wildman–Crippen LogP) is 2.11. The Morgan fingerprint density at radius 1 is 1.22 bits per heavy atom. The lowest BCUT2D eigenvalue weighted by atomic mass is 9.81. The molecule has 8 heteroatoms. The molecule has 1 aromatic carbocycles. The third kappa shape index (κ3) is 3.36. The zero-order valence-electron chi connectivity index (χ0n) is 15.9. The number of benzene rings is 1. The van der Waals surface area contributed by atoms with Crippen molar-refractivity contribution in [3.8, 4) is 17.2 Å². The van der Waals surface area contributed by atoms with Crippen LogP contribution in [0.4, 0.5) is 4.79 Å². The number of carboxylic acid groups (broad SMARTS) is 1. The van der Waals surface area contributed by atoms with Crippen LogP contribution in [0.2, 0.25) is 0 Å². The van der Waals surface area contributed by atoms with E-state index in [4.69, 9.17) is 14.2 Å². The maximum atomic E-state index is 12.6. The molecule has 2 amide bonds. The number of carbonyl (C=O) groups excluding carboxylic acids is 1. The Labute approximate surface area is 158 Å². The van der Waals surface area contributed by atoms with Gasteiger partial charge in [-0.2, -0.15) is 0 Å². The molecular weight excluding hydrogens is 352 g/mol. The highest BCUT2D eigenvalue weighted by Gasteiger charge is 2.55. The minimum atomic E-state index is -0.787. The lowest BCUT2D eigenvalue weighted by Gasteiger charge is -2.23. The fraction of sp³-hybridized carbons (Fsp3) is 0.579. The third-order valence-electron chi connectivity index (χ3n) is 5.75. The van der Waals surface area contributed by atoms with E-state index in [1.807, 2.05) is 0 Å². The van der Waals surface area contributed by atoms with Gasteiger partial charge in [-0.15, -0.1) is 0 Å². The monoisotopic (exact) mass is 378 g/mol. The van der Waals surface area contributed by atoms with Gasteiger partial charge >= 0.3 is 12.0 Å². The van der Waals surface area contributed by atoms with Crippen molar-refractivity contribution in [3.63, 3.8) is 0 Å². The summed E-state index contributed by atoms with van der Waals surface area (Å²) in [7, 11) is 4.60. The Bertz CT molecular complexity index is 712. The van der Waals surface area contributed by atoms with Crippen LogP contribution in [-0.2, 0) is 11.3 Å². The molecule has 0 spiro atoms. The second kappa shape index (κ2) is 7.54. The van der Waals surface area contributed by atoms with E-state index in [1.165, 1.54) is 21.3 Å². The molecule has 2 aliphatic rings. The highest BCUT2D eigenvalue weighted by Crippen LogP contribution is 2.48. The fourth-order valence-electron chi connectivity index (χ4n) is 4.32. The summed E-state index contributed by atoms with van der Waals surface area (Å²) < 4.78 is 15.9. The van der Waals surface area contributed by atoms with Gasteiger partial charge in [-0.1, -0.05) is 6.42 Å². The van der Waals surface area contributed by atoms with E-state index in [-0.39, 0.29) is 25.0 Å². The van der Waals surface area contributed by atoms with Crippen LogP contribution in [0.1, 0.15) is 24.8 Å². The van der Waals surface area contributed by atoms with Crippen LogP contribution < -0.4 is 19.5 Å². The first-order valence-corrected chi connectivity index (χ1v) is 9.00. The number of carbonyl (C=O) groups is 2. The van der Waals surface area contributed by atoms with Crippen molar-refractivity contribution in [1.29, 1.82) is 0 Å². The molecule has 0 unspecified atom stereocenters. The van der Waals surface area contributed by atoms with Crippen molar-refractivity contribution >= 4 is 12.0 Å². The molecule has 1 heterocycles. The van der Waals surface area contributed by atoms with Gasteiger partial charge in [-0.3, -0.25) is 4.79 Å². The van der Waals surface area contributed by atoms with Gasteiger partial charge in [0.05, 0.1) is 26.7 Å². The van der Waals surface area contributed by atoms with Crippen LogP contribution >= 0.6 is 0 Å². The number of amides is 2. The number of hydrogen-bond acceptors (Lipinski definition) is 5. The average molecular weight is 378 g/mol. The average Bonchev–Trinajstić information content (AvgIpc) is 3.23. The van der Waals surface area contributed by atoms with Gasteiger partial charge in [0.25, 0.3) is 0 Å². The van der Waals surface area contributed by atoms with E-state index in [9.17, 15) is 14.7 Å². The van der Waals surface area contributed by atoms with Crippen molar-refractivity contribution in [2.75, 3.05) is 34.4 Å². The molecule has 2 atom stereocenters. The van der Waals surface area contributed by atoms with Crippen molar-refractivity contribution in [3.05, 3.63) is 17.7 Å². The molecule has 148 valence electrons. The molecule has 1 saturated carbocycles. The Morgan fingerprint density at radius 2 is 1.89 bits per heavy atom. The molecule has 2 fully saturated rings. The molecule has 0 bridgehead atoms. The van der Waals surface area contributed by atoms with E-state index in [0.717, 1.165) is 18.4 Å². The number of urea groups is 1. The molecule has 2 N–H and O–H groups in total. The van der Waals surface area contributed by atoms with E-state index < -0.39 is 11.4 Å². The number of methoxy groups -OCH3 is 3. The molecule has 1 saturated heterocycles. The second-order valence-electron chi connectivity index (χ2n) is 7.12. The summed E-state index contributed by atoms with van der Waals surface area (Å²) in [6.07, 6.45) is 2.42. The topological polar surface area (TPSA) is 97.3 Å². The van der Waals surface area contributed by atoms with Crippen molar-refractivity contribution in [1.82, 2.24) is 10.2 Å². The molecule has 1 aliphatic carbocycles. The SMILES string of the molecule is COc1cc(CNC(=O)N2C[C@@H]3CCC[C@@]3(C(=O)O)C2)cc(OC)c1OC. The number of aliphatic carboxylic acids is 1. The zero-order chi connectivity index (χ0) is 19.6. The molecule has 0 radical (unpaired) electrons. The van der Waals surface area contributed by atoms with Crippen molar-refractivity contribution in [2.24, 2.45) is 11.3 Å². The van der Waals surface area contributed by atoms with Crippen LogP contribution in [-0.4, -0.2) is 56.4 Å². The summed E-state index contributed by atoms with van der Waals surface area (Å²) in [6, 6.07) is 3.30. The Hall–Kier alpha value is -2.64. The van der Waals surface area contributed by atoms with Gasteiger partial charge in [0.2, 0.25) is 5.75 Å². The molecule has 0 aromatic heterocycles. The van der Waals surface area contributed by atoms with Gasteiger partial charge in [-0.25, -0.2) is 4.79 Å². The van der Waals surface area contributed by atoms with E-state index in [1.54, 1.807) is 17.0 Å². The summed E-state index contributed by atoms with van der Waals surface area (Å²) in [5, 5.41) is 12.5. The van der Waals surface area contributed by atoms with Gasteiger partial charge in [0.15, 0.2) is 11.5 Å². The smallest absolute Gasteiger partial charge is 0.317 e. The lowest BCUT2D eigenvalue weighted by Crippen LogP contribution is -2.41. The number of hydrogen-bond donors (Lipinski definition) is 2. The van der Waals surface area contributed by atoms with Crippen LogP contribution in [0.15, 0.2) is 12.1 Å². The molecule has 1 aliphatic heterocycles. The summed E-state index contributed by atoms with van der Waals surface area (Å²) in [4.78, 5) is 26.0. The molecule has 27 heavy (non-hydrogen) atoms. The first-order valence-electron chi connectivity index (χ1n) is 9.00. The summed E-state index contributed by atoms with van der Waals surface area (Å²) in [6.45, 7) is 1.04. The van der Waals surface area contributed by atoms with Gasteiger partial charge in [0.1, 0.15) is 0 Å². The zero-order valence-corrected chi connectivity index (χ0v) is 15.9. The van der Waals surface area contributed by atoms with Crippen LogP contribution in [0.25, 0.3) is 0 Å². The van der Waals surface area contributed by atoms with Crippen molar-refractivity contribution < 1.29 is 28.9 Å². The number of ether oxygens (including phenoxy) is 3. The van der Waals surface area contributed by atoms with Crippen LogP contribution in [0.5, 0.6) is 17.2 Å². The molecule has 1 aromatic rings. The third-order valence-corrected chi connectivity index (χ3v) is 5.75. The van der Waals surface area contributed by atoms with E-state index in [2.05, 4.69) is 5.32 Å². The summed E-state index contributed by atoms with van der Waals surface area (Å²) in [5.74, 6) is 0.779.